The van der Waals surface area contributed by atoms with Crippen LogP contribution in [0, 0.1) is 11.8 Å². The fourth-order valence-corrected chi connectivity index (χ4v) is 11.4. The van der Waals surface area contributed by atoms with Crippen LogP contribution in [0.2, 0.25) is 5.02 Å². The smallest absolute Gasteiger partial charge is 0.471 e. The van der Waals surface area contributed by atoms with Crippen molar-refractivity contribution < 1.29 is 46.5 Å². The Morgan fingerprint density at radius 1 is 0.957 bits per heavy atom. The number of tetrazole rings is 1. The number of amides is 1. The van der Waals surface area contributed by atoms with Crippen LogP contribution in [0.1, 0.15) is 111 Å². The Bertz CT molecular complexity index is 2620. The lowest BCUT2D eigenvalue weighted by molar-refractivity contribution is -0.174. The Morgan fingerprint density at radius 2 is 1.74 bits per heavy atom. The number of hydrogen-bond donors (Lipinski definition) is 0. The Hall–Kier alpha value is -6.03. The monoisotopic (exact) mass is 970 g/mol. The number of anilines is 1. The van der Waals surface area contributed by atoms with Gasteiger partial charge in [-0.05, 0) is 151 Å². The standard InChI is InChI=1S/C52H58ClF3N6O7/c1-33(32-69-44-20-25-57-42-16-8-11-34(2)46(42)44)27-37-29-36-18-19-40(68-26-10-17-45-58-59-60-62(45)43(47(63)66-3)28-35-12-6-5-7-13-35)31-41(36)50(37)21-23-51(24-22-50,49(65)67-4)61(48(64)52(54,55)56)39-15-9-14-38(53)30-39/h5-7,9,12-15,18-20,25,30-31,33-34,37,43H,8,10-11,16-17,21-24,26-29,32H2,1-4H3/t33-,34-,37+,43-,50?,51?/m1/s1. The minimum absolute atomic E-state index is 0.0118. The number of pyridine rings is 1. The van der Waals surface area contributed by atoms with E-state index >= 15 is 0 Å². The Balaban J connectivity index is 1.05. The summed E-state index contributed by atoms with van der Waals surface area (Å²) >= 11 is 6.30. The van der Waals surface area contributed by atoms with Crippen LogP contribution in [-0.2, 0) is 55.0 Å². The van der Waals surface area contributed by atoms with Crippen LogP contribution in [0.25, 0.3) is 0 Å². The molecular formula is C52H58ClF3N6O7. The van der Waals surface area contributed by atoms with E-state index in [-0.39, 0.29) is 54.8 Å². The van der Waals surface area contributed by atoms with Crippen molar-refractivity contribution in [3.63, 3.8) is 0 Å². The minimum Gasteiger partial charge on any atom is -0.494 e. The van der Waals surface area contributed by atoms with Gasteiger partial charge in [0.15, 0.2) is 11.9 Å². The summed E-state index contributed by atoms with van der Waals surface area (Å²) in [5.74, 6) is -1.17. The van der Waals surface area contributed by atoms with E-state index < -0.39 is 41.0 Å². The first-order valence-electron chi connectivity index (χ1n) is 23.7. The number of aryl methyl sites for hydroxylation is 2. The number of carbonyl (C=O) groups excluding carboxylic acids is 3. The molecule has 0 bridgehead atoms. The maximum absolute atomic E-state index is 14.6. The molecule has 3 aromatic carbocycles. The number of aromatic nitrogens is 5. The van der Waals surface area contributed by atoms with Gasteiger partial charge in [-0.1, -0.05) is 67.9 Å². The molecule has 2 heterocycles. The fourth-order valence-electron chi connectivity index (χ4n) is 11.2. The van der Waals surface area contributed by atoms with E-state index in [9.17, 15) is 27.6 Å². The average Bonchev–Trinajstić information content (AvgIpc) is 3.93. The van der Waals surface area contributed by atoms with Gasteiger partial charge in [-0.15, -0.1) is 5.10 Å². The van der Waals surface area contributed by atoms with Crippen LogP contribution in [0.3, 0.4) is 0 Å². The van der Waals surface area contributed by atoms with Gasteiger partial charge in [0.1, 0.15) is 17.0 Å². The maximum Gasteiger partial charge on any atom is 0.471 e. The number of halogens is 4. The summed E-state index contributed by atoms with van der Waals surface area (Å²) in [6.07, 6.45) is 2.62. The van der Waals surface area contributed by atoms with Gasteiger partial charge in [0.2, 0.25) is 0 Å². The number of ether oxygens (including phenoxy) is 4. The summed E-state index contributed by atoms with van der Waals surface area (Å²) < 4.78 is 68.6. The highest BCUT2D eigenvalue weighted by atomic mass is 35.5. The van der Waals surface area contributed by atoms with Crippen LogP contribution < -0.4 is 14.4 Å². The van der Waals surface area contributed by atoms with Gasteiger partial charge in [-0.25, -0.2) is 14.3 Å². The van der Waals surface area contributed by atoms with E-state index in [0.717, 1.165) is 60.9 Å². The highest BCUT2D eigenvalue weighted by molar-refractivity contribution is 6.31. The fraction of sp³-hybridized carbons (Fsp3) is 0.481. The molecule has 13 nitrogen and oxygen atoms in total. The van der Waals surface area contributed by atoms with Crippen molar-refractivity contribution in [3.8, 4) is 11.5 Å². The molecule has 1 amide bonds. The second kappa shape index (κ2) is 20.9. The molecule has 1 fully saturated rings. The number of rotatable bonds is 17. The zero-order chi connectivity index (χ0) is 48.9. The van der Waals surface area contributed by atoms with E-state index in [1.54, 1.807) is 0 Å². The van der Waals surface area contributed by atoms with E-state index in [0.29, 0.717) is 54.7 Å². The first kappa shape index (κ1) is 49.4. The normalized spacial score (nSPS) is 21.7. The molecule has 2 aromatic heterocycles. The van der Waals surface area contributed by atoms with Gasteiger partial charge in [0, 0.05) is 41.0 Å². The number of fused-ring (bicyclic) bond motifs is 3. The average molecular weight is 972 g/mol. The lowest BCUT2D eigenvalue weighted by atomic mass is 9.59. The molecule has 0 aliphatic heterocycles. The van der Waals surface area contributed by atoms with Gasteiger partial charge in [-0.2, -0.15) is 13.2 Å². The van der Waals surface area contributed by atoms with E-state index in [1.807, 2.05) is 54.7 Å². The van der Waals surface area contributed by atoms with Crippen molar-refractivity contribution in [1.82, 2.24) is 25.2 Å². The number of carbonyl (C=O) groups is 3. The van der Waals surface area contributed by atoms with E-state index in [1.165, 1.54) is 41.6 Å². The summed E-state index contributed by atoms with van der Waals surface area (Å²) in [6.45, 7) is 5.10. The van der Waals surface area contributed by atoms with Crippen molar-refractivity contribution in [1.29, 1.82) is 0 Å². The molecule has 366 valence electrons. The van der Waals surface area contributed by atoms with Gasteiger partial charge in [-0.3, -0.25) is 14.7 Å². The molecule has 1 spiro atoms. The Morgan fingerprint density at radius 3 is 2.46 bits per heavy atom. The minimum atomic E-state index is -5.30. The predicted molar refractivity (Wildman–Crippen MR) is 251 cm³/mol. The molecule has 0 N–H and O–H groups in total. The van der Waals surface area contributed by atoms with E-state index in [4.69, 9.17) is 30.5 Å². The molecule has 4 atom stereocenters. The molecule has 8 rings (SSSR count). The van der Waals surface area contributed by atoms with Gasteiger partial charge < -0.3 is 18.9 Å². The Labute approximate surface area is 405 Å². The van der Waals surface area contributed by atoms with Crippen molar-refractivity contribution in [2.24, 2.45) is 11.8 Å². The molecule has 17 heteroatoms. The van der Waals surface area contributed by atoms with Crippen molar-refractivity contribution >= 4 is 35.1 Å². The molecule has 0 saturated heterocycles. The largest absolute Gasteiger partial charge is 0.494 e. The SMILES string of the molecule is COC(=O)[C@@H](Cc1ccccc1)n1nnnc1CCCOc1ccc2c(c1)C1(CCC(C(=O)OC)(N(C(=O)C(F)(F)F)c3cccc(Cl)c3)CC1)[C@@H](C[C@@H](C)COc1ccnc3c1[C@H](C)CCC3)C2. The van der Waals surface area contributed by atoms with Crippen molar-refractivity contribution in [2.45, 2.75) is 120 Å². The molecule has 3 aliphatic carbocycles. The number of esters is 2. The number of nitrogens with zero attached hydrogens (tertiary/aromatic N) is 6. The molecular weight excluding hydrogens is 913 g/mol. The maximum atomic E-state index is 14.6. The quantitative estimate of drug-likeness (QED) is 0.0648. The van der Waals surface area contributed by atoms with Crippen LogP contribution >= 0.6 is 11.6 Å². The van der Waals surface area contributed by atoms with Crippen LogP contribution in [0.15, 0.2) is 85.1 Å². The highest BCUT2D eigenvalue weighted by Gasteiger charge is 2.60. The first-order chi connectivity index (χ1) is 33.2. The van der Waals surface area contributed by atoms with Gasteiger partial charge in [0.25, 0.3) is 0 Å². The van der Waals surface area contributed by atoms with Crippen LogP contribution in [0.4, 0.5) is 18.9 Å². The summed E-state index contributed by atoms with van der Waals surface area (Å²) in [5.41, 5.74) is 2.56. The number of methoxy groups -OCH3 is 2. The van der Waals surface area contributed by atoms with Crippen molar-refractivity contribution in [3.05, 3.63) is 124 Å². The van der Waals surface area contributed by atoms with E-state index in [2.05, 4.69) is 40.4 Å². The summed E-state index contributed by atoms with van der Waals surface area (Å²) in [5, 5.41) is 12.4. The molecule has 3 aliphatic rings. The first-order valence-corrected chi connectivity index (χ1v) is 24.1. The third-order valence-corrected chi connectivity index (χ3v) is 14.8. The topological polar surface area (TPSA) is 148 Å². The zero-order valence-electron chi connectivity index (χ0n) is 39.3. The lowest BCUT2D eigenvalue weighted by Gasteiger charge is -2.51. The molecule has 5 aromatic rings. The van der Waals surface area contributed by atoms with Gasteiger partial charge in [0.05, 0.1) is 27.4 Å². The molecule has 0 unspecified atom stereocenters. The molecule has 69 heavy (non-hydrogen) atoms. The zero-order valence-corrected chi connectivity index (χ0v) is 40.1. The summed E-state index contributed by atoms with van der Waals surface area (Å²) in [4.78, 5) is 45.7. The number of hydrogen-bond acceptors (Lipinski definition) is 11. The van der Waals surface area contributed by atoms with Gasteiger partial charge >= 0.3 is 24.0 Å². The highest BCUT2D eigenvalue weighted by Crippen LogP contribution is 2.58. The van der Waals surface area contributed by atoms with Crippen LogP contribution in [-0.4, -0.2) is 82.2 Å². The third kappa shape index (κ3) is 10.3. The third-order valence-electron chi connectivity index (χ3n) is 14.5. The lowest BCUT2D eigenvalue weighted by Crippen LogP contribution is -2.63. The Kier molecular flexibility index (Phi) is 15.0. The second-order valence-electron chi connectivity index (χ2n) is 18.9. The van der Waals surface area contributed by atoms with Crippen molar-refractivity contribution in [2.75, 3.05) is 32.3 Å². The predicted octanol–water partition coefficient (Wildman–Crippen LogP) is 9.73. The van der Waals surface area contributed by atoms with Crippen LogP contribution in [0.5, 0.6) is 11.5 Å². The molecule has 0 radical (unpaired) electrons. The second-order valence-corrected chi connectivity index (χ2v) is 19.3. The summed E-state index contributed by atoms with van der Waals surface area (Å²) in [6, 6.07) is 22.3. The summed E-state index contributed by atoms with van der Waals surface area (Å²) in [7, 11) is 2.46. The molecule has 1 saturated carbocycles. The number of benzene rings is 3. The number of alkyl halides is 3.